The molecule has 0 atom stereocenters. The first-order valence-corrected chi connectivity index (χ1v) is 9.44. The number of thiazole rings is 1. The topological polar surface area (TPSA) is 83.9 Å². The van der Waals surface area contributed by atoms with Gasteiger partial charge in [-0.3, -0.25) is 15.1 Å². The molecule has 1 N–H and O–H groups in total. The summed E-state index contributed by atoms with van der Waals surface area (Å²) < 4.78 is 0. The summed E-state index contributed by atoms with van der Waals surface area (Å²) in [4.78, 5) is 23.2. The van der Waals surface area contributed by atoms with Gasteiger partial charge in [0.15, 0.2) is 16.6 Å². The molecule has 0 bridgehead atoms. The van der Waals surface area contributed by atoms with Gasteiger partial charge in [0.2, 0.25) is 0 Å². The van der Waals surface area contributed by atoms with Crippen LogP contribution < -0.4 is 10.2 Å². The minimum Gasteiger partial charge on any atom is -0.355 e. The second-order valence-electron chi connectivity index (χ2n) is 6.03. The lowest BCUT2D eigenvalue weighted by molar-refractivity contribution is 0.102. The molecule has 7 nitrogen and oxygen atoms in total. The molecule has 26 heavy (non-hydrogen) atoms. The van der Waals surface area contributed by atoms with E-state index >= 15 is 0 Å². The Hall–Kier alpha value is -2.87. The van der Waals surface area contributed by atoms with Gasteiger partial charge < -0.3 is 4.90 Å². The summed E-state index contributed by atoms with van der Waals surface area (Å²) in [5, 5.41) is 13.4. The quantitative estimate of drug-likeness (QED) is 0.763. The number of nitrogens with zero attached hydrogens (tertiary/aromatic N) is 5. The maximum Gasteiger partial charge on any atom is 0.277 e. The van der Waals surface area contributed by atoms with Crippen LogP contribution in [0.5, 0.6) is 0 Å². The van der Waals surface area contributed by atoms with Crippen molar-refractivity contribution in [3.8, 4) is 11.4 Å². The van der Waals surface area contributed by atoms with Crippen molar-refractivity contribution in [1.29, 1.82) is 0 Å². The zero-order valence-corrected chi connectivity index (χ0v) is 14.9. The van der Waals surface area contributed by atoms with E-state index < -0.39 is 0 Å². The third-order valence-corrected chi connectivity index (χ3v) is 4.97. The zero-order valence-electron chi connectivity index (χ0n) is 14.1. The van der Waals surface area contributed by atoms with E-state index in [9.17, 15) is 4.79 Å². The second kappa shape index (κ2) is 7.57. The maximum absolute atomic E-state index is 12.4. The summed E-state index contributed by atoms with van der Waals surface area (Å²) in [5.74, 6) is 0.512. The van der Waals surface area contributed by atoms with Crippen LogP contribution in [0.4, 0.5) is 10.9 Å². The highest BCUT2D eigenvalue weighted by atomic mass is 32.1. The Labute approximate surface area is 155 Å². The molecule has 3 aromatic heterocycles. The number of aromatic nitrogens is 4. The molecule has 3 aromatic rings. The van der Waals surface area contributed by atoms with Crippen LogP contribution in [-0.2, 0) is 0 Å². The lowest BCUT2D eigenvalue weighted by Crippen LogP contribution is -2.30. The number of anilines is 2. The van der Waals surface area contributed by atoms with Crippen LogP contribution in [0.3, 0.4) is 0 Å². The Kier molecular flexibility index (Phi) is 4.83. The van der Waals surface area contributed by atoms with Crippen molar-refractivity contribution < 1.29 is 4.79 Å². The van der Waals surface area contributed by atoms with Crippen LogP contribution in [0.25, 0.3) is 11.4 Å². The first kappa shape index (κ1) is 16.6. The number of amides is 1. The smallest absolute Gasteiger partial charge is 0.277 e. The fraction of sp³-hybridized carbons (Fsp3) is 0.278. The van der Waals surface area contributed by atoms with Crippen molar-refractivity contribution in [2.24, 2.45) is 0 Å². The van der Waals surface area contributed by atoms with Crippen molar-refractivity contribution >= 4 is 28.2 Å². The molecular weight excluding hydrogens is 348 g/mol. The SMILES string of the molecule is O=C(Nc1nc(-c2ccccn2)cs1)c1ccc(N2CCCCC2)nn1. The fourth-order valence-electron chi connectivity index (χ4n) is 2.86. The molecule has 1 fully saturated rings. The Bertz CT molecular complexity index is 874. The number of hydrogen-bond donors (Lipinski definition) is 1. The molecule has 0 unspecified atom stereocenters. The minimum atomic E-state index is -0.315. The first-order valence-electron chi connectivity index (χ1n) is 8.56. The van der Waals surface area contributed by atoms with Gasteiger partial charge in [0.05, 0.1) is 5.69 Å². The zero-order chi connectivity index (χ0) is 17.8. The van der Waals surface area contributed by atoms with E-state index in [1.54, 1.807) is 12.3 Å². The molecule has 0 aromatic carbocycles. The number of carbonyl (C=O) groups excluding carboxylic acids is 1. The van der Waals surface area contributed by atoms with Crippen molar-refractivity contribution in [2.75, 3.05) is 23.3 Å². The predicted molar refractivity (Wildman–Crippen MR) is 101 cm³/mol. The highest BCUT2D eigenvalue weighted by Crippen LogP contribution is 2.23. The predicted octanol–water partition coefficient (Wildman–Crippen LogP) is 3.24. The number of nitrogens with one attached hydrogen (secondary N) is 1. The third kappa shape index (κ3) is 3.70. The molecule has 1 aliphatic rings. The number of hydrogen-bond acceptors (Lipinski definition) is 7. The van der Waals surface area contributed by atoms with Gasteiger partial charge in [0.1, 0.15) is 5.69 Å². The van der Waals surface area contributed by atoms with E-state index in [1.807, 2.05) is 29.6 Å². The van der Waals surface area contributed by atoms with Crippen molar-refractivity contribution in [3.05, 3.63) is 47.6 Å². The summed E-state index contributed by atoms with van der Waals surface area (Å²) >= 11 is 1.35. The number of pyridine rings is 1. The summed E-state index contributed by atoms with van der Waals surface area (Å²) in [6.07, 6.45) is 5.32. The molecular formula is C18H18N6OS. The largest absolute Gasteiger partial charge is 0.355 e. The monoisotopic (exact) mass is 366 g/mol. The Morgan fingerprint density at radius 3 is 2.65 bits per heavy atom. The lowest BCUT2D eigenvalue weighted by atomic mass is 10.1. The van der Waals surface area contributed by atoms with Gasteiger partial charge in [-0.15, -0.1) is 21.5 Å². The van der Waals surface area contributed by atoms with Gasteiger partial charge in [-0.25, -0.2) is 4.98 Å². The summed E-state index contributed by atoms with van der Waals surface area (Å²) in [5.41, 5.74) is 1.78. The van der Waals surface area contributed by atoms with E-state index in [4.69, 9.17) is 0 Å². The molecule has 0 saturated carbocycles. The van der Waals surface area contributed by atoms with Gasteiger partial charge in [-0.2, -0.15) is 0 Å². The summed E-state index contributed by atoms with van der Waals surface area (Å²) in [6.45, 7) is 1.99. The van der Waals surface area contributed by atoms with Gasteiger partial charge in [0.25, 0.3) is 5.91 Å². The Morgan fingerprint density at radius 2 is 1.92 bits per heavy atom. The number of piperidine rings is 1. The van der Waals surface area contributed by atoms with Gasteiger partial charge in [-0.1, -0.05) is 6.07 Å². The van der Waals surface area contributed by atoms with Crippen LogP contribution in [0.15, 0.2) is 41.9 Å². The summed E-state index contributed by atoms with van der Waals surface area (Å²) in [7, 11) is 0. The van der Waals surface area contributed by atoms with Crippen molar-refractivity contribution in [1.82, 2.24) is 20.2 Å². The fourth-order valence-corrected chi connectivity index (χ4v) is 3.56. The highest BCUT2D eigenvalue weighted by molar-refractivity contribution is 7.14. The van der Waals surface area contributed by atoms with Crippen LogP contribution in [0.2, 0.25) is 0 Å². The molecule has 1 aliphatic heterocycles. The molecule has 0 aliphatic carbocycles. The standard InChI is InChI=1S/C18H18N6OS/c25-17(14-7-8-16(23-22-14)24-10-4-1-5-11-24)21-18-20-15(12-26-18)13-6-2-3-9-19-13/h2-3,6-9,12H,1,4-5,10-11H2,(H,20,21,25). The number of rotatable bonds is 4. The average molecular weight is 366 g/mol. The normalized spacial score (nSPS) is 14.2. The maximum atomic E-state index is 12.4. The van der Waals surface area contributed by atoms with Crippen LogP contribution in [0, 0.1) is 0 Å². The van der Waals surface area contributed by atoms with Crippen molar-refractivity contribution in [2.45, 2.75) is 19.3 Å². The molecule has 1 saturated heterocycles. The molecule has 8 heteroatoms. The van der Waals surface area contributed by atoms with Crippen molar-refractivity contribution in [3.63, 3.8) is 0 Å². The molecule has 4 heterocycles. The number of carbonyl (C=O) groups is 1. The summed E-state index contributed by atoms with van der Waals surface area (Å²) in [6, 6.07) is 9.20. The van der Waals surface area contributed by atoms with Gasteiger partial charge >= 0.3 is 0 Å². The molecule has 4 rings (SSSR count). The van der Waals surface area contributed by atoms with Crippen LogP contribution in [-0.4, -0.2) is 39.2 Å². The Morgan fingerprint density at radius 1 is 1.04 bits per heavy atom. The van der Waals surface area contributed by atoms with E-state index in [1.165, 1.54) is 30.6 Å². The van der Waals surface area contributed by atoms with E-state index in [0.29, 0.717) is 5.13 Å². The lowest BCUT2D eigenvalue weighted by Gasteiger charge is -2.27. The molecule has 1 amide bonds. The van der Waals surface area contributed by atoms with Gasteiger partial charge in [-0.05, 0) is 43.5 Å². The molecule has 0 spiro atoms. The van der Waals surface area contributed by atoms with E-state index in [-0.39, 0.29) is 11.6 Å². The molecule has 0 radical (unpaired) electrons. The molecule has 132 valence electrons. The highest BCUT2D eigenvalue weighted by Gasteiger charge is 2.15. The second-order valence-corrected chi connectivity index (χ2v) is 6.89. The van der Waals surface area contributed by atoms with Crippen LogP contribution >= 0.6 is 11.3 Å². The van der Waals surface area contributed by atoms with Crippen LogP contribution in [0.1, 0.15) is 29.8 Å². The van der Waals surface area contributed by atoms with E-state index in [2.05, 4.69) is 30.4 Å². The first-order chi connectivity index (χ1) is 12.8. The third-order valence-electron chi connectivity index (χ3n) is 4.22. The van der Waals surface area contributed by atoms with E-state index in [0.717, 1.165) is 30.3 Å². The Balaban J connectivity index is 1.42. The average Bonchev–Trinajstić information content (AvgIpc) is 3.18. The minimum absolute atomic E-state index is 0.278. The van der Waals surface area contributed by atoms with Gasteiger partial charge in [0, 0.05) is 24.7 Å².